The fourth-order valence-corrected chi connectivity index (χ4v) is 2.42. The molecule has 0 atom stereocenters. The van der Waals surface area contributed by atoms with E-state index in [-0.39, 0.29) is 5.56 Å². The van der Waals surface area contributed by atoms with Gasteiger partial charge in [-0.15, -0.1) is 0 Å². The number of aromatic carboxylic acids is 1. The summed E-state index contributed by atoms with van der Waals surface area (Å²) in [5, 5.41) is 9.22. The van der Waals surface area contributed by atoms with E-state index in [1.54, 1.807) is 6.07 Å². The van der Waals surface area contributed by atoms with Crippen LogP contribution in [0.25, 0.3) is 22.6 Å². The van der Waals surface area contributed by atoms with Gasteiger partial charge in [0.1, 0.15) is 5.52 Å². The molecule has 0 amide bonds. The van der Waals surface area contributed by atoms with Crippen LogP contribution in [0.5, 0.6) is 0 Å². The van der Waals surface area contributed by atoms with Crippen molar-refractivity contribution in [2.75, 3.05) is 0 Å². The Bertz CT molecular complexity index is 806. The van der Waals surface area contributed by atoms with E-state index in [4.69, 9.17) is 4.42 Å². The minimum absolute atomic E-state index is 0.122. The van der Waals surface area contributed by atoms with Crippen LogP contribution in [-0.4, -0.2) is 16.1 Å². The first kappa shape index (κ1) is 12.9. The van der Waals surface area contributed by atoms with Gasteiger partial charge in [0.2, 0.25) is 5.89 Å². The Labute approximate surface area is 123 Å². The van der Waals surface area contributed by atoms with Crippen molar-refractivity contribution in [3.05, 3.63) is 52.0 Å². The van der Waals surface area contributed by atoms with Crippen molar-refractivity contribution in [1.82, 2.24) is 4.98 Å². The zero-order valence-electron chi connectivity index (χ0n) is 10.6. The number of aromatic nitrogens is 1. The summed E-state index contributed by atoms with van der Waals surface area (Å²) in [6.45, 7) is 2.00. The summed E-state index contributed by atoms with van der Waals surface area (Å²) in [6, 6.07) is 10.9. The number of carboxylic acids is 1. The summed E-state index contributed by atoms with van der Waals surface area (Å²) < 4.78 is 6.31. The normalized spacial score (nSPS) is 10.9. The Morgan fingerprint density at radius 3 is 2.60 bits per heavy atom. The highest BCUT2D eigenvalue weighted by molar-refractivity contribution is 9.10. The average molecular weight is 332 g/mol. The monoisotopic (exact) mass is 331 g/mol. The van der Waals surface area contributed by atoms with Gasteiger partial charge in [-0.3, -0.25) is 0 Å². The van der Waals surface area contributed by atoms with Gasteiger partial charge in [0.25, 0.3) is 0 Å². The summed E-state index contributed by atoms with van der Waals surface area (Å²) in [5.74, 6) is -0.611. The standard InChI is InChI=1S/C15H10BrNO3/c1-8-2-4-9(5-3-8)14-17-13-11(15(18)19)6-10(16)7-12(13)20-14/h2-7H,1H3,(H,18,19). The van der Waals surface area contributed by atoms with E-state index < -0.39 is 5.97 Å². The molecule has 0 radical (unpaired) electrons. The maximum absolute atomic E-state index is 11.3. The molecule has 0 spiro atoms. The minimum Gasteiger partial charge on any atom is -0.478 e. The van der Waals surface area contributed by atoms with Gasteiger partial charge in [-0.05, 0) is 31.2 Å². The first-order chi connectivity index (χ1) is 9.54. The molecule has 4 nitrogen and oxygen atoms in total. The maximum atomic E-state index is 11.3. The number of halogens is 1. The lowest BCUT2D eigenvalue weighted by atomic mass is 10.1. The van der Waals surface area contributed by atoms with Crippen LogP contribution in [0.4, 0.5) is 0 Å². The lowest BCUT2D eigenvalue weighted by molar-refractivity contribution is 0.0698. The molecule has 0 saturated carbocycles. The van der Waals surface area contributed by atoms with E-state index in [1.165, 1.54) is 6.07 Å². The Hall–Kier alpha value is -2.14. The number of aryl methyl sites for hydroxylation is 1. The molecule has 100 valence electrons. The second-order valence-corrected chi connectivity index (χ2v) is 5.41. The van der Waals surface area contributed by atoms with Crippen molar-refractivity contribution in [2.45, 2.75) is 6.92 Å². The third-order valence-electron chi connectivity index (χ3n) is 2.99. The van der Waals surface area contributed by atoms with Crippen LogP contribution in [0.15, 0.2) is 45.3 Å². The number of oxazole rings is 1. The molecular formula is C15H10BrNO3. The third-order valence-corrected chi connectivity index (χ3v) is 3.45. The summed E-state index contributed by atoms with van der Waals surface area (Å²) in [6.07, 6.45) is 0. The Balaban J connectivity index is 2.22. The number of fused-ring (bicyclic) bond motifs is 1. The van der Waals surface area contributed by atoms with Crippen molar-refractivity contribution in [3.8, 4) is 11.5 Å². The highest BCUT2D eigenvalue weighted by Crippen LogP contribution is 2.29. The predicted molar refractivity (Wildman–Crippen MR) is 78.8 cm³/mol. The SMILES string of the molecule is Cc1ccc(-c2nc3c(C(=O)O)cc(Br)cc3o2)cc1. The molecule has 0 fully saturated rings. The van der Waals surface area contributed by atoms with Gasteiger partial charge >= 0.3 is 5.97 Å². The molecule has 0 bridgehead atoms. The van der Waals surface area contributed by atoms with Gasteiger partial charge in [-0.25, -0.2) is 9.78 Å². The van der Waals surface area contributed by atoms with Crippen molar-refractivity contribution < 1.29 is 14.3 Å². The molecule has 0 aliphatic rings. The second-order valence-electron chi connectivity index (χ2n) is 4.49. The summed E-state index contributed by atoms with van der Waals surface area (Å²) in [7, 11) is 0. The summed E-state index contributed by atoms with van der Waals surface area (Å²) in [4.78, 5) is 15.6. The Kier molecular flexibility index (Phi) is 3.06. The number of benzene rings is 2. The minimum atomic E-state index is -1.03. The smallest absolute Gasteiger partial charge is 0.338 e. The maximum Gasteiger partial charge on any atom is 0.338 e. The lowest BCUT2D eigenvalue weighted by Gasteiger charge is -1.95. The van der Waals surface area contributed by atoms with E-state index in [0.29, 0.717) is 21.5 Å². The van der Waals surface area contributed by atoms with Crippen molar-refractivity contribution in [1.29, 1.82) is 0 Å². The number of carboxylic acid groups (broad SMARTS) is 1. The predicted octanol–water partition coefficient (Wildman–Crippen LogP) is 4.26. The van der Waals surface area contributed by atoms with Crippen LogP contribution in [0.1, 0.15) is 15.9 Å². The van der Waals surface area contributed by atoms with E-state index in [0.717, 1.165) is 11.1 Å². The van der Waals surface area contributed by atoms with Crippen molar-refractivity contribution in [3.63, 3.8) is 0 Å². The lowest BCUT2D eigenvalue weighted by Crippen LogP contribution is -1.97. The highest BCUT2D eigenvalue weighted by Gasteiger charge is 2.16. The second kappa shape index (κ2) is 4.76. The number of rotatable bonds is 2. The third kappa shape index (κ3) is 2.20. The fourth-order valence-electron chi connectivity index (χ4n) is 1.98. The van der Waals surface area contributed by atoms with E-state index in [2.05, 4.69) is 20.9 Å². The molecule has 0 unspecified atom stereocenters. The van der Waals surface area contributed by atoms with Gasteiger partial charge in [0.15, 0.2) is 5.58 Å². The largest absolute Gasteiger partial charge is 0.478 e. The molecule has 3 rings (SSSR count). The molecule has 1 heterocycles. The number of carbonyl (C=O) groups is 1. The number of nitrogens with zero attached hydrogens (tertiary/aromatic N) is 1. The van der Waals surface area contributed by atoms with Gasteiger partial charge in [0.05, 0.1) is 5.56 Å². The fraction of sp³-hybridized carbons (Fsp3) is 0.0667. The van der Waals surface area contributed by atoms with Crippen molar-refractivity contribution >= 4 is 33.0 Å². The highest BCUT2D eigenvalue weighted by atomic mass is 79.9. The molecule has 1 N–H and O–H groups in total. The van der Waals surface area contributed by atoms with Gasteiger partial charge in [0, 0.05) is 10.0 Å². The topological polar surface area (TPSA) is 63.3 Å². The van der Waals surface area contributed by atoms with E-state index in [9.17, 15) is 9.90 Å². The first-order valence-corrected chi connectivity index (χ1v) is 6.74. The Morgan fingerprint density at radius 1 is 1.25 bits per heavy atom. The van der Waals surface area contributed by atoms with Crippen LogP contribution in [0, 0.1) is 6.92 Å². The first-order valence-electron chi connectivity index (χ1n) is 5.95. The molecule has 2 aromatic carbocycles. The molecule has 1 aromatic heterocycles. The van der Waals surface area contributed by atoms with Gasteiger partial charge in [-0.2, -0.15) is 0 Å². The zero-order chi connectivity index (χ0) is 14.3. The van der Waals surface area contributed by atoms with E-state index >= 15 is 0 Å². The molecular weight excluding hydrogens is 322 g/mol. The summed E-state index contributed by atoms with van der Waals surface area (Å²) in [5.41, 5.74) is 2.89. The molecule has 0 saturated heterocycles. The Morgan fingerprint density at radius 2 is 1.95 bits per heavy atom. The molecule has 20 heavy (non-hydrogen) atoms. The van der Waals surface area contributed by atoms with Crippen LogP contribution in [-0.2, 0) is 0 Å². The average Bonchev–Trinajstić information content (AvgIpc) is 2.81. The van der Waals surface area contributed by atoms with E-state index in [1.807, 2.05) is 31.2 Å². The molecule has 0 aliphatic carbocycles. The molecule has 0 aliphatic heterocycles. The number of hydrogen-bond acceptors (Lipinski definition) is 3. The molecule has 3 aromatic rings. The summed E-state index contributed by atoms with van der Waals surface area (Å²) >= 11 is 3.28. The van der Waals surface area contributed by atoms with Crippen LogP contribution < -0.4 is 0 Å². The van der Waals surface area contributed by atoms with Crippen LogP contribution >= 0.6 is 15.9 Å². The van der Waals surface area contributed by atoms with Crippen molar-refractivity contribution in [2.24, 2.45) is 0 Å². The van der Waals surface area contributed by atoms with Crippen LogP contribution in [0.2, 0.25) is 0 Å². The van der Waals surface area contributed by atoms with Gasteiger partial charge in [-0.1, -0.05) is 33.6 Å². The van der Waals surface area contributed by atoms with Gasteiger partial charge < -0.3 is 9.52 Å². The zero-order valence-corrected chi connectivity index (χ0v) is 12.1. The number of hydrogen-bond donors (Lipinski definition) is 1. The molecule has 5 heteroatoms. The quantitative estimate of drug-likeness (QED) is 0.761. The van der Waals surface area contributed by atoms with Crippen LogP contribution in [0.3, 0.4) is 0 Å².